The summed E-state index contributed by atoms with van der Waals surface area (Å²) in [5.41, 5.74) is 3.52. The van der Waals surface area contributed by atoms with Crippen LogP contribution >= 0.6 is 0 Å². The summed E-state index contributed by atoms with van der Waals surface area (Å²) in [6.07, 6.45) is 0.705. The number of benzene rings is 2. The summed E-state index contributed by atoms with van der Waals surface area (Å²) in [4.78, 5) is 10.8. The number of aryl methyl sites for hydroxylation is 1. The van der Waals surface area contributed by atoms with E-state index in [0.717, 1.165) is 11.1 Å². The van der Waals surface area contributed by atoms with Gasteiger partial charge in [0.2, 0.25) is 0 Å². The number of hydrogen-bond donors (Lipinski definition) is 0. The summed E-state index contributed by atoms with van der Waals surface area (Å²) < 4.78 is 19.4. The van der Waals surface area contributed by atoms with Crippen LogP contribution in [0.3, 0.4) is 0 Å². The molecule has 0 amide bonds. The van der Waals surface area contributed by atoms with Crippen LogP contribution in [-0.2, 0) is 0 Å². The topological polar surface area (TPSA) is 26.3 Å². The van der Waals surface area contributed by atoms with Crippen molar-refractivity contribution < 1.29 is 13.9 Å². The SMILES string of the molecule is COc1c(-c2cc(C=O)ccc2F)ccc(C)c1C. The smallest absolute Gasteiger partial charge is 0.150 e. The van der Waals surface area contributed by atoms with Gasteiger partial charge in [-0.3, -0.25) is 4.79 Å². The van der Waals surface area contributed by atoms with Crippen molar-refractivity contribution in [3.05, 3.63) is 52.8 Å². The molecule has 0 saturated heterocycles. The fourth-order valence-corrected chi connectivity index (χ4v) is 2.09. The summed E-state index contributed by atoms with van der Waals surface area (Å²) >= 11 is 0. The predicted molar refractivity (Wildman–Crippen MR) is 73.2 cm³/mol. The molecule has 0 N–H and O–H groups in total. The van der Waals surface area contributed by atoms with Gasteiger partial charge in [0.25, 0.3) is 0 Å². The van der Waals surface area contributed by atoms with Crippen molar-refractivity contribution in [2.75, 3.05) is 7.11 Å². The number of aldehydes is 1. The normalized spacial score (nSPS) is 10.3. The van der Waals surface area contributed by atoms with Crippen LogP contribution in [-0.4, -0.2) is 13.4 Å². The standard InChI is InChI=1S/C16H15FO2/c1-10-4-6-13(16(19-3)11(10)2)14-8-12(9-18)5-7-15(14)17/h4-9H,1-3H3. The van der Waals surface area contributed by atoms with Crippen LogP contribution in [0.25, 0.3) is 11.1 Å². The lowest BCUT2D eigenvalue weighted by Crippen LogP contribution is -1.96. The molecule has 0 unspecified atom stereocenters. The Morgan fingerprint density at radius 2 is 1.84 bits per heavy atom. The van der Waals surface area contributed by atoms with Gasteiger partial charge in [0.05, 0.1) is 7.11 Å². The molecule has 3 heteroatoms. The Bertz CT molecular complexity index is 633. The van der Waals surface area contributed by atoms with Gasteiger partial charge < -0.3 is 4.74 Å². The number of carbonyl (C=O) groups is 1. The minimum Gasteiger partial charge on any atom is -0.496 e. The highest BCUT2D eigenvalue weighted by atomic mass is 19.1. The van der Waals surface area contributed by atoms with E-state index in [9.17, 15) is 9.18 Å². The second kappa shape index (κ2) is 5.22. The summed E-state index contributed by atoms with van der Waals surface area (Å²) in [5, 5.41) is 0. The molecular formula is C16H15FO2. The highest BCUT2D eigenvalue weighted by Gasteiger charge is 2.14. The molecule has 0 atom stereocenters. The molecular weight excluding hydrogens is 243 g/mol. The van der Waals surface area contributed by atoms with Crippen LogP contribution in [0, 0.1) is 19.7 Å². The first kappa shape index (κ1) is 13.3. The van der Waals surface area contributed by atoms with Gasteiger partial charge in [-0.1, -0.05) is 12.1 Å². The highest BCUT2D eigenvalue weighted by Crippen LogP contribution is 2.36. The Hall–Kier alpha value is -2.16. The van der Waals surface area contributed by atoms with E-state index in [1.807, 2.05) is 26.0 Å². The molecule has 98 valence electrons. The summed E-state index contributed by atoms with van der Waals surface area (Å²) in [7, 11) is 1.56. The maximum Gasteiger partial charge on any atom is 0.150 e. The fraction of sp³-hybridized carbons (Fsp3) is 0.188. The second-order valence-electron chi connectivity index (χ2n) is 4.45. The average Bonchev–Trinajstić information content (AvgIpc) is 2.42. The van der Waals surface area contributed by atoms with Gasteiger partial charge in [-0.2, -0.15) is 0 Å². The maximum atomic E-state index is 14.0. The van der Waals surface area contributed by atoms with Crippen molar-refractivity contribution in [3.63, 3.8) is 0 Å². The van der Waals surface area contributed by atoms with Crippen molar-refractivity contribution in [1.82, 2.24) is 0 Å². The second-order valence-corrected chi connectivity index (χ2v) is 4.45. The van der Waals surface area contributed by atoms with Crippen LogP contribution in [0.15, 0.2) is 30.3 Å². The van der Waals surface area contributed by atoms with E-state index in [2.05, 4.69) is 0 Å². The molecule has 2 nitrogen and oxygen atoms in total. The molecule has 0 aliphatic carbocycles. The zero-order chi connectivity index (χ0) is 14.0. The molecule has 0 saturated carbocycles. The van der Waals surface area contributed by atoms with E-state index >= 15 is 0 Å². The monoisotopic (exact) mass is 258 g/mol. The van der Waals surface area contributed by atoms with Gasteiger partial charge in [0.15, 0.2) is 0 Å². The zero-order valence-corrected chi connectivity index (χ0v) is 11.2. The van der Waals surface area contributed by atoms with Gasteiger partial charge in [0, 0.05) is 16.7 Å². The molecule has 2 aromatic carbocycles. The lowest BCUT2D eigenvalue weighted by atomic mass is 9.97. The number of ether oxygens (including phenoxy) is 1. The molecule has 19 heavy (non-hydrogen) atoms. The maximum absolute atomic E-state index is 14.0. The van der Waals surface area contributed by atoms with Crippen LogP contribution < -0.4 is 4.74 Å². The zero-order valence-electron chi connectivity index (χ0n) is 11.2. The lowest BCUT2D eigenvalue weighted by molar-refractivity contribution is 0.112. The van der Waals surface area contributed by atoms with Gasteiger partial charge in [-0.25, -0.2) is 4.39 Å². The van der Waals surface area contributed by atoms with Crippen LogP contribution in [0.5, 0.6) is 5.75 Å². The first-order chi connectivity index (χ1) is 9.08. The van der Waals surface area contributed by atoms with Crippen LogP contribution in [0.2, 0.25) is 0 Å². The number of methoxy groups -OCH3 is 1. The Morgan fingerprint density at radius 1 is 1.11 bits per heavy atom. The number of carbonyl (C=O) groups excluding carboxylic acids is 1. The lowest BCUT2D eigenvalue weighted by Gasteiger charge is -2.14. The van der Waals surface area contributed by atoms with E-state index in [1.54, 1.807) is 7.11 Å². The third-order valence-corrected chi connectivity index (χ3v) is 3.30. The van der Waals surface area contributed by atoms with E-state index in [4.69, 9.17) is 4.74 Å². The largest absolute Gasteiger partial charge is 0.496 e. The molecule has 2 aromatic rings. The third-order valence-electron chi connectivity index (χ3n) is 3.30. The van der Waals surface area contributed by atoms with Crippen LogP contribution in [0.1, 0.15) is 21.5 Å². The Balaban J connectivity index is 2.71. The highest BCUT2D eigenvalue weighted by molar-refractivity contribution is 5.81. The molecule has 0 spiro atoms. The van der Waals surface area contributed by atoms with E-state index in [1.165, 1.54) is 18.2 Å². The molecule has 0 radical (unpaired) electrons. The molecule has 0 fully saturated rings. The van der Waals surface area contributed by atoms with Gasteiger partial charge in [-0.05, 0) is 43.2 Å². The minimum atomic E-state index is -0.368. The average molecular weight is 258 g/mol. The minimum absolute atomic E-state index is 0.368. The molecule has 0 heterocycles. The third kappa shape index (κ3) is 2.36. The first-order valence-corrected chi connectivity index (χ1v) is 5.97. The van der Waals surface area contributed by atoms with Gasteiger partial charge in [0.1, 0.15) is 17.9 Å². The van der Waals surface area contributed by atoms with Gasteiger partial charge in [-0.15, -0.1) is 0 Å². The van der Waals surface area contributed by atoms with E-state index in [0.29, 0.717) is 28.7 Å². The van der Waals surface area contributed by atoms with Crippen molar-refractivity contribution >= 4 is 6.29 Å². The number of halogens is 1. The van der Waals surface area contributed by atoms with Crippen molar-refractivity contribution in [2.24, 2.45) is 0 Å². The molecule has 0 aliphatic heterocycles. The molecule has 0 aromatic heterocycles. The predicted octanol–water partition coefficient (Wildman–Crippen LogP) is 3.93. The number of hydrogen-bond acceptors (Lipinski definition) is 2. The molecule has 0 bridgehead atoms. The van der Waals surface area contributed by atoms with Crippen LogP contribution in [0.4, 0.5) is 4.39 Å². The van der Waals surface area contributed by atoms with Crippen molar-refractivity contribution in [1.29, 1.82) is 0 Å². The quantitative estimate of drug-likeness (QED) is 0.780. The van der Waals surface area contributed by atoms with Crippen molar-refractivity contribution in [3.8, 4) is 16.9 Å². The van der Waals surface area contributed by atoms with E-state index < -0.39 is 0 Å². The summed E-state index contributed by atoms with van der Waals surface area (Å²) in [5.74, 6) is 0.272. The molecule has 0 aliphatic rings. The number of rotatable bonds is 3. The fourth-order valence-electron chi connectivity index (χ4n) is 2.09. The first-order valence-electron chi connectivity index (χ1n) is 5.97. The Labute approximate surface area is 111 Å². The van der Waals surface area contributed by atoms with Gasteiger partial charge >= 0.3 is 0 Å². The van der Waals surface area contributed by atoms with E-state index in [-0.39, 0.29) is 5.82 Å². The Morgan fingerprint density at radius 3 is 2.47 bits per heavy atom. The molecule has 2 rings (SSSR count). The van der Waals surface area contributed by atoms with Crippen molar-refractivity contribution in [2.45, 2.75) is 13.8 Å². The Kier molecular flexibility index (Phi) is 3.65. The summed E-state index contributed by atoms with van der Waals surface area (Å²) in [6, 6.07) is 8.02. The summed E-state index contributed by atoms with van der Waals surface area (Å²) in [6.45, 7) is 3.90.